The number of hydrogen-bond acceptors (Lipinski definition) is 5. The number of amides is 1. The molecular weight excluding hydrogens is 306 g/mol. The van der Waals surface area contributed by atoms with Gasteiger partial charge in [-0.15, -0.1) is 5.10 Å². The standard InChI is InChI=1S/C17H23N5O2/c1-14-4-2-5-15(12-14)22-13-19-16(20-22)17(23)18-6-3-7-21-8-10-24-11-9-21/h2,4-5,12-13H,3,6-11H2,1H3,(H,18,23). The second-order valence-corrected chi connectivity index (χ2v) is 5.92. The van der Waals surface area contributed by atoms with Crippen LogP contribution in [0.5, 0.6) is 0 Å². The Bertz CT molecular complexity index is 679. The van der Waals surface area contributed by atoms with Gasteiger partial charge in [-0.1, -0.05) is 12.1 Å². The van der Waals surface area contributed by atoms with Crippen LogP contribution in [0.4, 0.5) is 0 Å². The average Bonchev–Trinajstić information content (AvgIpc) is 3.10. The molecule has 1 aliphatic rings. The molecule has 0 atom stereocenters. The smallest absolute Gasteiger partial charge is 0.290 e. The summed E-state index contributed by atoms with van der Waals surface area (Å²) in [6.07, 6.45) is 2.47. The average molecular weight is 329 g/mol. The zero-order valence-corrected chi connectivity index (χ0v) is 13.9. The number of benzene rings is 1. The zero-order valence-electron chi connectivity index (χ0n) is 13.9. The van der Waals surface area contributed by atoms with Crippen molar-refractivity contribution in [2.24, 2.45) is 0 Å². The van der Waals surface area contributed by atoms with Gasteiger partial charge in [-0.3, -0.25) is 9.69 Å². The predicted octanol–water partition coefficient (Wildman–Crippen LogP) is 1.03. The fourth-order valence-corrected chi connectivity index (χ4v) is 2.67. The minimum atomic E-state index is -0.233. The maximum absolute atomic E-state index is 12.1. The van der Waals surface area contributed by atoms with Gasteiger partial charge in [-0.05, 0) is 37.6 Å². The van der Waals surface area contributed by atoms with Gasteiger partial charge < -0.3 is 10.1 Å². The van der Waals surface area contributed by atoms with Crippen LogP contribution < -0.4 is 5.32 Å². The molecule has 3 rings (SSSR count). The minimum Gasteiger partial charge on any atom is -0.379 e. The summed E-state index contributed by atoms with van der Waals surface area (Å²) in [4.78, 5) is 18.6. The number of hydrogen-bond donors (Lipinski definition) is 1. The fraction of sp³-hybridized carbons (Fsp3) is 0.471. The third-order valence-electron chi connectivity index (χ3n) is 4.00. The molecule has 1 aromatic carbocycles. The normalized spacial score (nSPS) is 15.4. The van der Waals surface area contributed by atoms with Gasteiger partial charge in [0, 0.05) is 19.6 Å². The first-order chi connectivity index (χ1) is 11.7. The van der Waals surface area contributed by atoms with Crippen LogP contribution in [0.1, 0.15) is 22.6 Å². The third kappa shape index (κ3) is 4.39. The molecular formula is C17H23N5O2. The summed E-state index contributed by atoms with van der Waals surface area (Å²) in [6.45, 7) is 7.14. The lowest BCUT2D eigenvalue weighted by Gasteiger charge is -2.26. The summed E-state index contributed by atoms with van der Waals surface area (Å²) < 4.78 is 6.94. The van der Waals surface area contributed by atoms with Crippen molar-refractivity contribution < 1.29 is 9.53 Å². The van der Waals surface area contributed by atoms with Gasteiger partial charge in [-0.2, -0.15) is 0 Å². The number of nitrogens with one attached hydrogen (secondary N) is 1. The number of aromatic nitrogens is 3. The molecule has 2 heterocycles. The molecule has 1 saturated heterocycles. The lowest BCUT2D eigenvalue weighted by atomic mass is 10.2. The van der Waals surface area contributed by atoms with Gasteiger partial charge in [0.15, 0.2) is 0 Å². The Hall–Kier alpha value is -2.25. The van der Waals surface area contributed by atoms with E-state index in [0.717, 1.165) is 50.5 Å². The van der Waals surface area contributed by atoms with Crippen LogP contribution in [0.3, 0.4) is 0 Å². The van der Waals surface area contributed by atoms with E-state index < -0.39 is 0 Å². The third-order valence-corrected chi connectivity index (χ3v) is 4.00. The van der Waals surface area contributed by atoms with Crippen LogP contribution in [0, 0.1) is 6.92 Å². The molecule has 7 nitrogen and oxygen atoms in total. The Morgan fingerprint density at radius 3 is 2.96 bits per heavy atom. The van der Waals surface area contributed by atoms with E-state index >= 15 is 0 Å². The first kappa shape index (κ1) is 16.6. The lowest BCUT2D eigenvalue weighted by Crippen LogP contribution is -2.38. The van der Waals surface area contributed by atoms with Crippen molar-refractivity contribution in [1.29, 1.82) is 0 Å². The number of ether oxygens (including phenoxy) is 1. The summed E-state index contributed by atoms with van der Waals surface area (Å²) in [5.41, 5.74) is 2.03. The van der Waals surface area contributed by atoms with Crippen LogP contribution in [-0.4, -0.2) is 65.0 Å². The van der Waals surface area contributed by atoms with Gasteiger partial charge in [0.05, 0.1) is 18.9 Å². The van der Waals surface area contributed by atoms with Crippen molar-refractivity contribution in [3.05, 3.63) is 42.0 Å². The highest BCUT2D eigenvalue weighted by Gasteiger charge is 2.13. The van der Waals surface area contributed by atoms with E-state index in [2.05, 4.69) is 20.3 Å². The molecule has 1 fully saturated rings. The van der Waals surface area contributed by atoms with E-state index in [1.807, 2.05) is 31.2 Å². The van der Waals surface area contributed by atoms with E-state index in [1.165, 1.54) is 0 Å². The van der Waals surface area contributed by atoms with Crippen molar-refractivity contribution in [1.82, 2.24) is 25.0 Å². The highest BCUT2D eigenvalue weighted by Crippen LogP contribution is 2.08. The van der Waals surface area contributed by atoms with Crippen LogP contribution in [0.2, 0.25) is 0 Å². The molecule has 1 aromatic heterocycles. The molecule has 24 heavy (non-hydrogen) atoms. The molecule has 1 aliphatic heterocycles. The fourth-order valence-electron chi connectivity index (χ4n) is 2.67. The Kier molecular flexibility index (Phi) is 5.55. The Morgan fingerprint density at radius 2 is 2.17 bits per heavy atom. The van der Waals surface area contributed by atoms with Gasteiger partial charge in [0.2, 0.25) is 5.82 Å². The van der Waals surface area contributed by atoms with Crippen molar-refractivity contribution in [2.75, 3.05) is 39.4 Å². The lowest BCUT2D eigenvalue weighted by molar-refractivity contribution is 0.0374. The second-order valence-electron chi connectivity index (χ2n) is 5.92. The highest BCUT2D eigenvalue weighted by atomic mass is 16.5. The van der Waals surface area contributed by atoms with E-state index in [9.17, 15) is 4.79 Å². The molecule has 0 spiro atoms. The number of morpholine rings is 1. The van der Waals surface area contributed by atoms with Crippen molar-refractivity contribution in [3.63, 3.8) is 0 Å². The van der Waals surface area contributed by atoms with Crippen molar-refractivity contribution in [2.45, 2.75) is 13.3 Å². The SMILES string of the molecule is Cc1cccc(-n2cnc(C(=O)NCCCN3CCOCC3)n2)c1. The van der Waals surface area contributed by atoms with E-state index in [-0.39, 0.29) is 11.7 Å². The first-order valence-corrected chi connectivity index (χ1v) is 8.29. The molecule has 0 radical (unpaired) electrons. The molecule has 0 aliphatic carbocycles. The zero-order chi connectivity index (χ0) is 16.8. The summed E-state index contributed by atoms with van der Waals surface area (Å²) in [5, 5.41) is 7.14. The molecule has 1 amide bonds. The topological polar surface area (TPSA) is 72.3 Å². The molecule has 0 bridgehead atoms. The molecule has 128 valence electrons. The maximum Gasteiger partial charge on any atom is 0.290 e. The van der Waals surface area contributed by atoms with Gasteiger partial charge >= 0.3 is 0 Å². The quantitative estimate of drug-likeness (QED) is 0.802. The first-order valence-electron chi connectivity index (χ1n) is 8.29. The Labute approximate surface area is 141 Å². The summed E-state index contributed by atoms with van der Waals surface area (Å²) in [5.74, 6) is -0.0359. The molecule has 0 unspecified atom stereocenters. The Morgan fingerprint density at radius 1 is 1.33 bits per heavy atom. The van der Waals surface area contributed by atoms with Crippen molar-refractivity contribution >= 4 is 5.91 Å². The minimum absolute atomic E-state index is 0.197. The number of carbonyl (C=O) groups is 1. The van der Waals surface area contributed by atoms with Crippen LogP contribution >= 0.6 is 0 Å². The number of aryl methyl sites for hydroxylation is 1. The second kappa shape index (κ2) is 8.03. The number of carbonyl (C=O) groups excluding carboxylic acids is 1. The molecule has 2 aromatic rings. The van der Waals surface area contributed by atoms with Crippen LogP contribution in [-0.2, 0) is 4.74 Å². The van der Waals surface area contributed by atoms with Crippen molar-refractivity contribution in [3.8, 4) is 5.69 Å². The van der Waals surface area contributed by atoms with Crippen LogP contribution in [0.15, 0.2) is 30.6 Å². The van der Waals surface area contributed by atoms with Gasteiger partial charge in [0.1, 0.15) is 6.33 Å². The summed E-state index contributed by atoms with van der Waals surface area (Å²) in [7, 11) is 0. The Balaban J connectivity index is 1.47. The number of rotatable bonds is 6. The summed E-state index contributed by atoms with van der Waals surface area (Å²) in [6, 6.07) is 7.91. The van der Waals surface area contributed by atoms with Gasteiger partial charge in [-0.25, -0.2) is 9.67 Å². The number of nitrogens with zero attached hydrogens (tertiary/aromatic N) is 4. The summed E-state index contributed by atoms with van der Waals surface area (Å²) >= 11 is 0. The maximum atomic E-state index is 12.1. The van der Waals surface area contributed by atoms with E-state index in [1.54, 1.807) is 11.0 Å². The van der Waals surface area contributed by atoms with E-state index in [4.69, 9.17) is 4.74 Å². The van der Waals surface area contributed by atoms with Gasteiger partial charge in [0.25, 0.3) is 5.91 Å². The molecule has 7 heteroatoms. The monoisotopic (exact) mass is 329 g/mol. The van der Waals surface area contributed by atoms with Crippen LogP contribution in [0.25, 0.3) is 5.69 Å². The predicted molar refractivity (Wildman–Crippen MR) is 90.3 cm³/mol. The largest absolute Gasteiger partial charge is 0.379 e. The van der Waals surface area contributed by atoms with E-state index in [0.29, 0.717) is 6.54 Å². The highest BCUT2D eigenvalue weighted by molar-refractivity contribution is 5.90. The molecule has 0 saturated carbocycles. The molecule has 1 N–H and O–H groups in total.